The molecule has 0 radical (unpaired) electrons. The van der Waals surface area contributed by atoms with Gasteiger partial charge < -0.3 is 4.74 Å². The summed E-state index contributed by atoms with van der Waals surface area (Å²) in [5.74, 6) is 9.40. The Morgan fingerprint density at radius 1 is 1.16 bits per heavy atom. The molecule has 0 aliphatic heterocycles. The van der Waals surface area contributed by atoms with Gasteiger partial charge in [0.05, 0.1) is 19.0 Å². The molecule has 2 aromatic carbocycles. The third-order valence-corrected chi connectivity index (χ3v) is 4.89. The first-order valence-corrected chi connectivity index (χ1v) is 9.56. The van der Waals surface area contributed by atoms with Gasteiger partial charge in [0.15, 0.2) is 0 Å². The van der Waals surface area contributed by atoms with E-state index in [1.54, 1.807) is 61.1 Å². The lowest BCUT2D eigenvalue weighted by molar-refractivity contribution is -0.119. The van der Waals surface area contributed by atoms with Gasteiger partial charge in [-0.2, -0.15) is 0 Å². The number of hydrogen-bond acceptors (Lipinski definition) is 3. The minimum atomic E-state index is -0.334. The number of nitrogens with one attached hydrogen (secondary N) is 1. The van der Waals surface area contributed by atoms with Crippen molar-refractivity contribution in [3.05, 3.63) is 64.3 Å². The number of aromatic nitrogens is 1. The standard InChI is InChI=1S/C25H17ClN2O3.8H2/c1-4-5-6-7-14-27-24(29)16-21-17(2)28(23-13-12-20(31-3)15-22(21)23)25(30)18-8-10-19(26)11-9-18;;;;;;;;/h1,8-13,15H,16H2,2-3H3,(H,27,29);8*1H. The van der Waals surface area contributed by atoms with Crippen LogP contribution in [0.2, 0.25) is 5.02 Å². The highest BCUT2D eigenvalue weighted by Gasteiger charge is 2.21. The van der Waals surface area contributed by atoms with E-state index in [9.17, 15) is 9.59 Å². The van der Waals surface area contributed by atoms with Gasteiger partial charge >= 0.3 is 0 Å². The average molecular weight is 445 g/mol. The molecule has 1 N–H and O–H groups in total. The van der Waals surface area contributed by atoms with Crippen molar-refractivity contribution in [3.63, 3.8) is 0 Å². The summed E-state index contributed by atoms with van der Waals surface area (Å²) in [5.41, 5.74) is 2.50. The monoisotopic (exact) mass is 444 g/mol. The van der Waals surface area contributed by atoms with Crippen LogP contribution in [0.1, 0.15) is 33.0 Å². The second-order valence-corrected chi connectivity index (χ2v) is 6.90. The highest BCUT2D eigenvalue weighted by molar-refractivity contribution is 6.30. The van der Waals surface area contributed by atoms with Crippen LogP contribution >= 0.6 is 11.6 Å². The zero-order valence-corrected chi connectivity index (χ0v) is 17.6. The fourth-order valence-electron chi connectivity index (χ4n) is 3.20. The first-order chi connectivity index (χ1) is 15.0. The van der Waals surface area contributed by atoms with Crippen LogP contribution in [0.25, 0.3) is 10.9 Å². The maximum Gasteiger partial charge on any atom is 0.262 e. The second-order valence-electron chi connectivity index (χ2n) is 6.46. The third kappa shape index (κ3) is 4.73. The van der Waals surface area contributed by atoms with E-state index in [0.29, 0.717) is 33.1 Å². The number of carbonyl (C=O) groups excluding carboxylic acids is 2. The van der Waals surface area contributed by atoms with E-state index < -0.39 is 0 Å². The Labute approximate surface area is 197 Å². The Hall–Kier alpha value is -4.11. The number of amides is 1. The average Bonchev–Trinajstić information content (AvgIpc) is 3.04. The van der Waals surface area contributed by atoms with Gasteiger partial charge in [0, 0.05) is 51.0 Å². The molecule has 168 valence electrons. The van der Waals surface area contributed by atoms with Gasteiger partial charge in [-0.05, 0) is 66.8 Å². The smallest absolute Gasteiger partial charge is 0.262 e. The fraction of sp³-hybridized carbons (Fsp3) is 0.120. The number of ether oxygens (including phenoxy) is 1. The summed E-state index contributed by atoms with van der Waals surface area (Å²) < 4.78 is 6.92. The van der Waals surface area contributed by atoms with Crippen LogP contribution < -0.4 is 10.1 Å². The Kier molecular flexibility index (Phi) is 6.68. The van der Waals surface area contributed by atoms with Gasteiger partial charge in [0.1, 0.15) is 5.75 Å². The van der Waals surface area contributed by atoms with E-state index in [1.165, 1.54) is 0 Å². The van der Waals surface area contributed by atoms with Crippen molar-refractivity contribution in [2.75, 3.05) is 7.11 Å². The lowest BCUT2D eigenvalue weighted by Crippen LogP contribution is -2.20. The minimum Gasteiger partial charge on any atom is -0.497 e. The summed E-state index contributed by atoms with van der Waals surface area (Å²) in [6.45, 7) is 1.80. The molecule has 0 bridgehead atoms. The molecule has 1 amide bonds. The van der Waals surface area contributed by atoms with Gasteiger partial charge in [-0.25, -0.2) is 0 Å². The number of hydrogen-bond donors (Lipinski definition) is 1. The molecule has 6 heteroatoms. The highest BCUT2D eigenvalue weighted by Crippen LogP contribution is 2.30. The Morgan fingerprint density at radius 2 is 1.90 bits per heavy atom. The lowest BCUT2D eigenvalue weighted by atomic mass is 10.1. The van der Waals surface area contributed by atoms with Crippen LogP contribution in [-0.4, -0.2) is 23.5 Å². The number of halogens is 1. The maximum atomic E-state index is 13.3. The van der Waals surface area contributed by atoms with Gasteiger partial charge in [-0.1, -0.05) is 11.6 Å². The van der Waals surface area contributed by atoms with Gasteiger partial charge in [-0.3, -0.25) is 19.5 Å². The highest BCUT2D eigenvalue weighted by atomic mass is 35.5. The summed E-state index contributed by atoms with van der Waals surface area (Å²) >= 11 is 5.95. The number of benzene rings is 2. The first-order valence-electron chi connectivity index (χ1n) is 9.19. The quantitative estimate of drug-likeness (QED) is 0.425. The van der Waals surface area contributed by atoms with Crippen molar-refractivity contribution in [2.45, 2.75) is 13.3 Å². The number of nitrogens with zero attached hydrogens (tertiary/aromatic N) is 1. The minimum absolute atomic E-state index is 0. The lowest BCUT2D eigenvalue weighted by Gasteiger charge is -2.08. The predicted octanol–water partition coefficient (Wildman–Crippen LogP) is 5.52. The van der Waals surface area contributed by atoms with E-state index in [2.05, 4.69) is 35.0 Å². The zero-order valence-electron chi connectivity index (χ0n) is 16.9. The molecule has 0 saturated heterocycles. The van der Waals surface area contributed by atoms with E-state index in [-0.39, 0.29) is 29.6 Å². The molecule has 31 heavy (non-hydrogen) atoms. The van der Waals surface area contributed by atoms with Crippen LogP contribution in [-0.2, 0) is 11.2 Å². The van der Waals surface area contributed by atoms with Crippen LogP contribution in [0.3, 0.4) is 0 Å². The summed E-state index contributed by atoms with van der Waals surface area (Å²) in [4.78, 5) is 25.7. The zero-order chi connectivity index (χ0) is 22.4. The van der Waals surface area contributed by atoms with Crippen LogP contribution in [0, 0.1) is 43.1 Å². The molecule has 0 unspecified atom stereocenters. The molecule has 3 aromatic rings. The molecule has 0 atom stereocenters. The Morgan fingerprint density at radius 3 is 2.58 bits per heavy atom. The maximum absolute atomic E-state index is 13.3. The van der Waals surface area contributed by atoms with Gasteiger partial charge in [0.25, 0.3) is 5.91 Å². The first kappa shape index (κ1) is 21.6. The normalized spacial score (nSPS) is 9.61. The summed E-state index contributed by atoms with van der Waals surface area (Å²) in [6.07, 6.45) is 5.04. The largest absolute Gasteiger partial charge is 0.497 e. The van der Waals surface area contributed by atoms with Gasteiger partial charge in [-0.15, -0.1) is 6.42 Å². The van der Waals surface area contributed by atoms with Crippen molar-refractivity contribution in [2.24, 2.45) is 0 Å². The fourth-order valence-corrected chi connectivity index (χ4v) is 3.33. The molecule has 0 spiro atoms. The summed E-state index contributed by atoms with van der Waals surface area (Å²) in [6, 6.07) is 14.5. The number of rotatable bonds is 4. The summed E-state index contributed by atoms with van der Waals surface area (Å²) in [7, 11) is 1.56. The molecule has 0 aliphatic rings. The molecule has 1 heterocycles. The third-order valence-electron chi connectivity index (χ3n) is 4.64. The van der Waals surface area contributed by atoms with Gasteiger partial charge in [0.2, 0.25) is 5.91 Å². The van der Waals surface area contributed by atoms with Crippen molar-refractivity contribution in [1.29, 1.82) is 0 Å². The van der Waals surface area contributed by atoms with Crippen LogP contribution in [0.5, 0.6) is 5.75 Å². The number of fused-ring (bicyclic) bond motifs is 1. The number of methoxy groups -OCH3 is 1. The molecule has 5 nitrogen and oxygen atoms in total. The van der Waals surface area contributed by atoms with E-state index in [0.717, 1.165) is 5.39 Å². The van der Waals surface area contributed by atoms with Crippen molar-refractivity contribution >= 4 is 34.3 Å². The summed E-state index contributed by atoms with van der Waals surface area (Å²) in [5, 5.41) is 3.76. The van der Waals surface area contributed by atoms with E-state index in [1.807, 2.05) is 0 Å². The van der Waals surface area contributed by atoms with Crippen molar-refractivity contribution in [1.82, 2.24) is 9.88 Å². The Balaban J connectivity index is -0.000000340. The molecule has 1 aromatic heterocycles. The second kappa shape index (κ2) is 9.59. The molecule has 3 rings (SSSR count). The van der Waals surface area contributed by atoms with E-state index >= 15 is 0 Å². The van der Waals surface area contributed by atoms with Crippen LogP contribution in [0.15, 0.2) is 42.5 Å². The Bertz CT molecular complexity index is 1370. The molecule has 0 saturated carbocycles. The predicted molar refractivity (Wildman–Crippen MR) is 138 cm³/mol. The molecular formula is C25H33ClN2O3. The van der Waals surface area contributed by atoms with Crippen molar-refractivity contribution in [3.8, 4) is 41.9 Å². The SMILES string of the molecule is C#CC#CC#CNC(=O)Cc1c(C)n(C(=O)c2ccc(Cl)cc2)c2ccc(OC)cc12.[HH].[HH].[HH].[HH].[HH].[HH].[HH].[HH]. The number of carbonyl (C=O) groups is 2. The molecular weight excluding hydrogens is 412 g/mol. The molecule has 0 aliphatic carbocycles. The van der Waals surface area contributed by atoms with Crippen molar-refractivity contribution < 1.29 is 25.7 Å². The molecule has 0 fully saturated rings. The van der Waals surface area contributed by atoms with E-state index in [4.69, 9.17) is 22.8 Å². The van der Waals surface area contributed by atoms with Crippen LogP contribution in [0.4, 0.5) is 0 Å². The topological polar surface area (TPSA) is 60.3 Å². The number of terminal acetylenes is 1.